The van der Waals surface area contributed by atoms with Gasteiger partial charge in [-0.1, -0.05) is 5.92 Å². The summed E-state index contributed by atoms with van der Waals surface area (Å²) >= 11 is 0. The standard InChI is InChI=1S/C14H5F5/c1-2-7-3-9(15)13(10(16)4-7)8-5-11(17)14(19)12(18)6-8/h1,3-6H. The topological polar surface area (TPSA) is 0 Å². The number of hydrogen-bond acceptors (Lipinski definition) is 0. The molecule has 0 nitrogen and oxygen atoms in total. The Balaban J connectivity index is 2.70. The van der Waals surface area contributed by atoms with E-state index in [0.717, 1.165) is 12.1 Å². The summed E-state index contributed by atoms with van der Waals surface area (Å²) in [6.07, 6.45) is 4.99. The maximum atomic E-state index is 13.7. The van der Waals surface area contributed by atoms with E-state index in [9.17, 15) is 22.0 Å². The summed E-state index contributed by atoms with van der Waals surface area (Å²) in [5.41, 5.74) is -1.17. The maximum absolute atomic E-state index is 13.7. The Hall–Kier alpha value is -2.35. The Morgan fingerprint density at radius 1 is 0.737 bits per heavy atom. The molecule has 0 aromatic heterocycles. The van der Waals surface area contributed by atoms with Gasteiger partial charge in [-0.05, 0) is 29.8 Å². The normalized spacial score (nSPS) is 10.3. The third-order valence-electron chi connectivity index (χ3n) is 2.48. The molecular weight excluding hydrogens is 263 g/mol. The van der Waals surface area contributed by atoms with Gasteiger partial charge >= 0.3 is 0 Å². The first kappa shape index (κ1) is 13.1. The summed E-state index contributed by atoms with van der Waals surface area (Å²) in [6.45, 7) is 0. The zero-order chi connectivity index (χ0) is 14.2. The van der Waals surface area contributed by atoms with Gasteiger partial charge in [0.1, 0.15) is 11.6 Å². The second-order valence-electron chi connectivity index (χ2n) is 3.71. The molecule has 0 amide bonds. The average Bonchev–Trinajstić information content (AvgIpc) is 2.34. The Labute approximate surface area is 105 Å². The van der Waals surface area contributed by atoms with Crippen LogP contribution in [0.3, 0.4) is 0 Å². The third kappa shape index (κ3) is 2.29. The van der Waals surface area contributed by atoms with Crippen molar-refractivity contribution in [3.8, 4) is 23.5 Å². The van der Waals surface area contributed by atoms with Crippen LogP contribution < -0.4 is 0 Å². The molecular formula is C14H5F5. The van der Waals surface area contributed by atoms with E-state index in [0.29, 0.717) is 12.1 Å². The summed E-state index contributed by atoms with van der Waals surface area (Å²) in [5, 5.41) is 0. The molecule has 0 aliphatic heterocycles. The van der Waals surface area contributed by atoms with Crippen molar-refractivity contribution in [2.75, 3.05) is 0 Å². The van der Waals surface area contributed by atoms with Gasteiger partial charge in [-0.2, -0.15) is 0 Å². The van der Waals surface area contributed by atoms with Crippen molar-refractivity contribution < 1.29 is 22.0 Å². The van der Waals surface area contributed by atoms with Gasteiger partial charge in [0.15, 0.2) is 17.5 Å². The highest BCUT2D eigenvalue weighted by molar-refractivity contribution is 5.66. The summed E-state index contributed by atoms with van der Waals surface area (Å²) in [6, 6.07) is 2.71. The first-order valence-corrected chi connectivity index (χ1v) is 5.04. The maximum Gasteiger partial charge on any atom is 0.194 e. The van der Waals surface area contributed by atoms with Crippen LogP contribution in [0.5, 0.6) is 0 Å². The van der Waals surface area contributed by atoms with Gasteiger partial charge in [-0.15, -0.1) is 6.42 Å². The van der Waals surface area contributed by atoms with Gasteiger partial charge in [0.05, 0.1) is 5.56 Å². The van der Waals surface area contributed by atoms with Crippen molar-refractivity contribution >= 4 is 0 Å². The lowest BCUT2D eigenvalue weighted by Crippen LogP contribution is -1.96. The van der Waals surface area contributed by atoms with E-state index >= 15 is 0 Å². The van der Waals surface area contributed by atoms with E-state index in [1.54, 1.807) is 0 Å². The van der Waals surface area contributed by atoms with Crippen molar-refractivity contribution in [2.45, 2.75) is 0 Å². The molecule has 96 valence electrons. The highest BCUT2D eigenvalue weighted by Gasteiger charge is 2.17. The molecule has 0 radical (unpaired) electrons. The Kier molecular flexibility index (Phi) is 3.26. The van der Waals surface area contributed by atoms with E-state index < -0.39 is 40.2 Å². The molecule has 0 saturated heterocycles. The Bertz CT molecular complexity index is 651. The number of terminal acetylenes is 1. The predicted molar refractivity (Wildman–Crippen MR) is 59.6 cm³/mol. The fourth-order valence-corrected chi connectivity index (χ4v) is 1.63. The Morgan fingerprint density at radius 2 is 1.21 bits per heavy atom. The molecule has 0 atom stereocenters. The van der Waals surface area contributed by atoms with E-state index in [-0.39, 0.29) is 5.56 Å². The van der Waals surface area contributed by atoms with Crippen LogP contribution in [-0.4, -0.2) is 0 Å². The smallest absolute Gasteiger partial charge is 0.194 e. The minimum atomic E-state index is -1.70. The molecule has 0 aliphatic carbocycles. The van der Waals surface area contributed by atoms with Crippen molar-refractivity contribution in [3.05, 3.63) is 58.9 Å². The Morgan fingerprint density at radius 3 is 1.63 bits per heavy atom. The fourth-order valence-electron chi connectivity index (χ4n) is 1.63. The molecule has 0 aliphatic rings. The van der Waals surface area contributed by atoms with Crippen LogP contribution in [0.2, 0.25) is 0 Å². The lowest BCUT2D eigenvalue weighted by Gasteiger charge is -2.07. The zero-order valence-electron chi connectivity index (χ0n) is 9.28. The van der Waals surface area contributed by atoms with Gasteiger partial charge in [0.2, 0.25) is 0 Å². The summed E-state index contributed by atoms with van der Waals surface area (Å²) in [4.78, 5) is 0. The van der Waals surface area contributed by atoms with Gasteiger partial charge in [0, 0.05) is 5.56 Å². The zero-order valence-corrected chi connectivity index (χ0v) is 9.28. The molecule has 0 N–H and O–H groups in total. The van der Waals surface area contributed by atoms with Crippen molar-refractivity contribution in [1.82, 2.24) is 0 Å². The molecule has 0 fully saturated rings. The molecule has 5 heteroatoms. The van der Waals surface area contributed by atoms with Crippen LogP contribution in [0.4, 0.5) is 22.0 Å². The second kappa shape index (κ2) is 4.73. The summed E-state index contributed by atoms with van der Waals surface area (Å²) < 4.78 is 66.2. The van der Waals surface area contributed by atoms with E-state index in [4.69, 9.17) is 6.42 Å². The highest BCUT2D eigenvalue weighted by Crippen LogP contribution is 2.29. The van der Waals surface area contributed by atoms with Crippen LogP contribution in [0.1, 0.15) is 5.56 Å². The number of rotatable bonds is 1. The van der Waals surface area contributed by atoms with Crippen LogP contribution in [-0.2, 0) is 0 Å². The van der Waals surface area contributed by atoms with Crippen molar-refractivity contribution in [2.24, 2.45) is 0 Å². The molecule has 2 aromatic rings. The van der Waals surface area contributed by atoms with E-state index in [2.05, 4.69) is 0 Å². The minimum absolute atomic E-state index is 0.0539. The lowest BCUT2D eigenvalue weighted by atomic mass is 10.0. The van der Waals surface area contributed by atoms with Gasteiger partial charge in [-0.25, -0.2) is 22.0 Å². The summed E-state index contributed by atoms with van der Waals surface area (Å²) in [7, 11) is 0. The molecule has 0 heterocycles. The first-order valence-electron chi connectivity index (χ1n) is 5.04. The lowest BCUT2D eigenvalue weighted by molar-refractivity contribution is 0.447. The monoisotopic (exact) mass is 268 g/mol. The van der Waals surface area contributed by atoms with Crippen LogP contribution >= 0.6 is 0 Å². The van der Waals surface area contributed by atoms with Gasteiger partial charge < -0.3 is 0 Å². The average molecular weight is 268 g/mol. The fraction of sp³-hybridized carbons (Fsp3) is 0. The quantitative estimate of drug-likeness (QED) is 0.416. The molecule has 0 unspecified atom stereocenters. The molecule has 0 spiro atoms. The molecule has 2 aromatic carbocycles. The van der Waals surface area contributed by atoms with Crippen LogP contribution in [0.15, 0.2) is 24.3 Å². The predicted octanol–water partition coefficient (Wildman–Crippen LogP) is 4.03. The number of halogens is 5. The van der Waals surface area contributed by atoms with Crippen LogP contribution in [0.25, 0.3) is 11.1 Å². The van der Waals surface area contributed by atoms with Crippen molar-refractivity contribution in [1.29, 1.82) is 0 Å². The number of benzene rings is 2. The SMILES string of the molecule is C#Cc1cc(F)c(-c2cc(F)c(F)c(F)c2)c(F)c1. The second-order valence-corrected chi connectivity index (χ2v) is 3.71. The minimum Gasteiger partial charge on any atom is -0.206 e. The van der Waals surface area contributed by atoms with E-state index in [1.165, 1.54) is 0 Å². The summed E-state index contributed by atoms with van der Waals surface area (Å²) in [5.74, 6) is -4.91. The molecule has 0 bridgehead atoms. The van der Waals surface area contributed by atoms with Gasteiger partial charge in [0.25, 0.3) is 0 Å². The molecule has 2 rings (SSSR count). The molecule has 0 saturated carbocycles. The largest absolute Gasteiger partial charge is 0.206 e. The van der Waals surface area contributed by atoms with E-state index in [1.807, 2.05) is 5.92 Å². The van der Waals surface area contributed by atoms with Crippen LogP contribution in [0, 0.1) is 41.4 Å². The van der Waals surface area contributed by atoms with Crippen molar-refractivity contribution in [3.63, 3.8) is 0 Å². The first-order chi connectivity index (χ1) is 8.93. The number of hydrogen-bond donors (Lipinski definition) is 0. The highest BCUT2D eigenvalue weighted by atomic mass is 19.2. The molecule has 19 heavy (non-hydrogen) atoms. The third-order valence-corrected chi connectivity index (χ3v) is 2.48. The van der Waals surface area contributed by atoms with Gasteiger partial charge in [-0.3, -0.25) is 0 Å².